The Balaban J connectivity index is 1.42. The summed E-state index contributed by atoms with van der Waals surface area (Å²) < 4.78 is 6.94. The smallest absolute Gasteiger partial charge is 0.321 e. The second-order valence-electron chi connectivity index (χ2n) is 6.41. The van der Waals surface area contributed by atoms with E-state index in [0.717, 1.165) is 11.5 Å². The topological polar surface area (TPSA) is 101 Å². The maximum Gasteiger partial charge on any atom is 0.321 e. The van der Waals surface area contributed by atoms with Gasteiger partial charge < -0.3 is 19.9 Å². The second-order valence-corrected chi connectivity index (χ2v) is 6.41. The minimum absolute atomic E-state index is 0.127. The van der Waals surface area contributed by atoms with Crippen LogP contribution in [0.25, 0.3) is 11.2 Å². The Labute approximate surface area is 162 Å². The first-order valence-corrected chi connectivity index (χ1v) is 9.18. The van der Waals surface area contributed by atoms with Gasteiger partial charge in [0.15, 0.2) is 17.0 Å². The van der Waals surface area contributed by atoms with E-state index in [0.29, 0.717) is 49.7 Å². The number of hydrogen-bond acceptors (Lipinski definition) is 7. The number of carbonyl (C=O) groups excluding carboxylic acids is 1. The molecule has 4 rings (SSSR count). The van der Waals surface area contributed by atoms with Crippen LogP contribution in [-0.2, 0) is 6.54 Å². The number of amides is 2. The molecule has 2 aromatic heterocycles. The van der Waals surface area contributed by atoms with E-state index in [2.05, 4.69) is 30.5 Å². The van der Waals surface area contributed by atoms with Crippen LogP contribution in [-0.4, -0.2) is 69.2 Å². The van der Waals surface area contributed by atoms with Crippen molar-refractivity contribution in [1.29, 1.82) is 0 Å². The summed E-state index contributed by atoms with van der Waals surface area (Å²) >= 11 is 0. The zero-order chi connectivity index (χ0) is 19.5. The Morgan fingerprint density at radius 2 is 2.04 bits per heavy atom. The van der Waals surface area contributed by atoms with Gasteiger partial charge in [0.2, 0.25) is 0 Å². The summed E-state index contributed by atoms with van der Waals surface area (Å²) in [5.74, 6) is 1.47. The fourth-order valence-electron chi connectivity index (χ4n) is 3.25. The zero-order valence-electron chi connectivity index (χ0n) is 15.9. The van der Waals surface area contributed by atoms with Crippen molar-refractivity contribution in [2.24, 2.45) is 0 Å². The minimum atomic E-state index is -0.127. The van der Waals surface area contributed by atoms with Crippen molar-refractivity contribution in [3.05, 3.63) is 30.6 Å². The number of ether oxygens (including phenoxy) is 1. The molecule has 10 nitrogen and oxygen atoms in total. The predicted molar refractivity (Wildman–Crippen MR) is 105 cm³/mol. The van der Waals surface area contributed by atoms with E-state index in [1.54, 1.807) is 22.8 Å². The molecule has 10 heteroatoms. The maximum absolute atomic E-state index is 12.6. The second kappa shape index (κ2) is 7.67. The van der Waals surface area contributed by atoms with Gasteiger partial charge in [-0.05, 0) is 19.1 Å². The number of methoxy groups -OCH3 is 1. The van der Waals surface area contributed by atoms with E-state index >= 15 is 0 Å². The molecule has 1 aromatic carbocycles. The highest BCUT2D eigenvalue weighted by atomic mass is 16.5. The molecule has 1 N–H and O–H groups in total. The fourth-order valence-corrected chi connectivity index (χ4v) is 3.25. The van der Waals surface area contributed by atoms with Gasteiger partial charge in [-0.15, -0.1) is 5.10 Å². The van der Waals surface area contributed by atoms with Gasteiger partial charge in [-0.3, -0.25) is 0 Å². The highest BCUT2D eigenvalue weighted by Crippen LogP contribution is 2.22. The average molecular weight is 382 g/mol. The summed E-state index contributed by atoms with van der Waals surface area (Å²) in [6.45, 7) is 5.19. The van der Waals surface area contributed by atoms with Crippen LogP contribution < -0.4 is 15.0 Å². The average Bonchev–Trinajstić information content (AvgIpc) is 3.17. The third kappa shape index (κ3) is 3.40. The molecule has 1 fully saturated rings. The van der Waals surface area contributed by atoms with Crippen LogP contribution in [0.4, 0.5) is 16.3 Å². The number of benzene rings is 1. The van der Waals surface area contributed by atoms with Gasteiger partial charge in [0.05, 0.1) is 7.11 Å². The molecule has 1 aliphatic heterocycles. The number of urea groups is 1. The number of anilines is 2. The van der Waals surface area contributed by atoms with E-state index < -0.39 is 0 Å². The van der Waals surface area contributed by atoms with E-state index in [-0.39, 0.29) is 6.03 Å². The zero-order valence-corrected chi connectivity index (χ0v) is 15.9. The van der Waals surface area contributed by atoms with Gasteiger partial charge in [0.1, 0.15) is 12.1 Å². The van der Waals surface area contributed by atoms with Crippen molar-refractivity contribution in [3.8, 4) is 5.75 Å². The molecule has 1 saturated heterocycles. The lowest BCUT2D eigenvalue weighted by molar-refractivity contribution is 0.208. The maximum atomic E-state index is 12.6. The number of hydrogen-bond donors (Lipinski definition) is 1. The quantitative estimate of drug-likeness (QED) is 0.731. The summed E-state index contributed by atoms with van der Waals surface area (Å²) in [6.07, 6.45) is 1.54. The fraction of sp³-hybridized carbons (Fsp3) is 0.389. The van der Waals surface area contributed by atoms with Crippen LogP contribution >= 0.6 is 0 Å². The number of fused-ring (bicyclic) bond motifs is 1. The van der Waals surface area contributed by atoms with Gasteiger partial charge in [-0.25, -0.2) is 19.4 Å². The van der Waals surface area contributed by atoms with Crippen molar-refractivity contribution in [2.45, 2.75) is 13.5 Å². The summed E-state index contributed by atoms with van der Waals surface area (Å²) in [7, 11) is 1.60. The molecule has 0 unspecified atom stereocenters. The van der Waals surface area contributed by atoms with E-state index in [1.807, 2.05) is 25.1 Å². The lowest BCUT2D eigenvalue weighted by Gasteiger charge is -2.35. The van der Waals surface area contributed by atoms with Gasteiger partial charge in [-0.2, -0.15) is 0 Å². The Hall–Kier alpha value is -3.43. The van der Waals surface area contributed by atoms with Crippen LogP contribution in [0.3, 0.4) is 0 Å². The first-order chi connectivity index (χ1) is 13.7. The van der Waals surface area contributed by atoms with Crippen molar-refractivity contribution in [3.63, 3.8) is 0 Å². The van der Waals surface area contributed by atoms with Crippen LogP contribution in [0.15, 0.2) is 30.6 Å². The number of aromatic nitrogens is 5. The van der Waals surface area contributed by atoms with Gasteiger partial charge >= 0.3 is 6.03 Å². The lowest BCUT2D eigenvalue weighted by Crippen LogP contribution is -2.50. The molecule has 0 radical (unpaired) electrons. The molecule has 0 atom stereocenters. The number of aryl methyl sites for hydroxylation is 1. The summed E-state index contributed by atoms with van der Waals surface area (Å²) in [5, 5.41) is 11.3. The summed E-state index contributed by atoms with van der Waals surface area (Å²) in [6, 6.07) is 7.19. The molecule has 1 aliphatic rings. The summed E-state index contributed by atoms with van der Waals surface area (Å²) in [4.78, 5) is 25.2. The number of nitrogens with zero attached hydrogens (tertiary/aromatic N) is 7. The van der Waals surface area contributed by atoms with E-state index in [1.165, 1.54) is 6.33 Å². The molecule has 2 amide bonds. The SMILES string of the molecule is CCn1nnc2c(N3CCN(C(=O)Nc4cccc(OC)c4)CC3)ncnc21. The Bertz CT molecular complexity index is 981. The molecular formula is C18H22N8O2. The van der Waals surface area contributed by atoms with E-state index in [9.17, 15) is 4.79 Å². The lowest BCUT2D eigenvalue weighted by atomic mass is 10.3. The van der Waals surface area contributed by atoms with Crippen LogP contribution in [0.2, 0.25) is 0 Å². The number of nitrogens with one attached hydrogen (secondary N) is 1. The molecule has 3 heterocycles. The van der Waals surface area contributed by atoms with Crippen molar-refractivity contribution < 1.29 is 9.53 Å². The van der Waals surface area contributed by atoms with Gasteiger partial charge in [0, 0.05) is 44.5 Å². The molecule has 28 heavy (non-hydrogen) atoms. The van der Waals surface area contributed by atoms with Crippen LogP contribution in [0.1, 0.15) is 6.92 Å². The van der Waals surface area contributed by atoms with Crippen molar-refractivity contribution in [1.82, 2.24) is 29.9 Å². The highest BCUT2D eigenvalue weighted by molar-refractivity contribution is 5.90. The van der Waals surface area contributed by atoms with Crippen LogP contribution in [0.5, 0.6) is 5.75 Å². The number of piperazine rings is 1. The monoisotopic (exact) mass is 382 g/mol. The predicted octanol–water partition coefficient (Wildman–Crippen LogP) is 1.60. The standard InChI is InChI=1S/C18H22N8O2/c1-3-26-17-15(22-23-26)16(19-12-20-17)24-7-9-25(10-8-24)18(27)21-13-5-4-6-14(11-13)28-2/h4-6,11-12H,3,7-10H2,1-2H3,(H,21,27). The molecular weight excluding hydrogens is 360 g/mol. The van der Waals surface area contributed by atoms with Crippen LogP contribution in [0, 0.1) is 0 Å². The largest absolute Gasteiger partial charge is 0.497 e. The Morgan fingerprint density at radius 1 is 1.21 bits per heavy atom. The minimum Gasteiger partial charge on any atom is -0.497 e. The Morgan fingerprint density at radius 3 is 2.79 bits per heavy atom. The van der Waals surface area contributed by atoms with E-state index in [4.69, 9.17) is 4.74 Å². The number of carbonyl (C=O) groups is 1. The third-order valence-electron chi connectivity index (χ3n) is 4.77. The molecule has 0 spiro atoms. The van der Waals surface area contributed by atoms with Crippen molar-refractivity contribution >= 4 is 28.7 Å². The highest BCUT2D eigenvalue weighted by Gasteiger charge is 2.24. The molecule has 0 bridgehead atoms. The molecule has 0 aliphatic carbocycles. The molecule has 146 valence electrons. The molecule has 3 aromatic rings. The third-order valence-corrected chi connectivity index (χ3v) is 4.77. The van der Waals surface area contributed by atoms with Gasteiger partial charge in [-0.1, -0.05) is 11.3 Å². The first kappa shape index (κ1) is 18.0. The van der Waals surface area contributed by atoms with Crippen molar-refractivity contribution in [2.75, 3.05) is 43.5 Å². The van der Waals surface area contributed by atoms with Gasteiger partial charge in [0.25, 0.3) is 0 Å². The molecule has 0 saturated carbocycles. The first-order valence-electron chi connectivity index (χ1n) is 9.18. The Kier molecular flexibility index (Phi) is 4.92. The summed E-state index contributed by atoms with van der Waals surface area (Å²) in [5.41, 5.74) is 2.13. The number of rotatable bonds is 4. The normalized spacial score (nSPS) is 14.4.